The zero-order chi connectivity index (χ0) is 17.2. The largest absolute Gasteiger partial charge is 0.361 e. The highest BCUT2D eigenvalue weighted by Gasteiger charge is 2.32. The summed E-state index contributed by atoms with van der Waals surface area (Å²) < 4.78 is 7.04. The van der Waals surface area contributed by atoms with Gasteiger partial charge >= 0.3 is 0 Å². The second-order valence-corrected chi connectivity index (χ2v) is 6.42. The smallest absolute Gasteiger partial charge is 0.254 e. The van der Waals surface area contributed by atoms with Crippen LogP contribution in [0.2, 0.25) is 0 Å². The molecule has 2 aromatic heterocycles. The molecule has 1 aliphatic heterocycles. The molecule has 6 heteroatoms. The van der Waals surface area contributed by atoms with Gasteiger partial charge in [0.25, 0.3) is 5.91 Å². The number of benzene rings is 1. The van der Waals surface area contributed by atoms with Crippen molar-refractivity contribution in [3.05, 3.63) is 71.4 Å². The molecule has 3 aromatic rings. The Kier molecular flexibility index (Phi) is 4.09. The first-order valence-electron chi connectivity index (χ1n) is 8.51. The lowest BCUT2D eigenvalue weighted by molar-refractivity contribution is 0.0730. The maximum absolute atomic E-state index is 13.0. The Bertz CT molecular complexity index is 869. The number of aromatic nitrogens is 3. The first kappa shape index (κ1) is 15.6. The number of nitrogens with zero attached hydrogens (tertiary/aromatic N) is 4. The van der Waals surface area contributed by atoms with Gasteiger partial charge in [0.15, 0.2) is 0 Å². The Morgan fingerprint density at radius 1 is 1.32 bits per heavy atom. The summed E-state index contributed by atoms with van der Waals surface area (Å²) in [5.41, 5.74) is 2.61. The van der Waals surface area contributed by atoms with Gasteiger partial charge in [0, 0.05) is 30.6 Å². The lowest BCUT2D eigenvalue weighted by Crippen LogP contribution is -2.30. The van der Waals surface area contributed by atoms with Crippen molar-refractivity contribution >= 4 is 5.91 Å². The summed E-state index contributed by atoms with van der Waals surface area (Å²) in [6.45, 7) is 3.27. The molecule has 1 amide bonds. The molecule has 0 N–H and O–H groups in total. The standard InChI is InChI=1S/C19H20N4O2/c1-14-11-17(21-25-14)18-7-3-10-23(18)19(24)16-6-2-5-15(12-16)13-22-9-4-8-20-22/h2,4-6,8-9,11-12,18H,3,7,10,13H2,1H3/t18-/m1/s1. The van der Waals surface area contributed by atoms with Crippen molar-refractivity contribution in [2.45, 2.75) is 32.4 Å². The van der Waals surface area contributed by atoms with Gasteiger partial charge in [-0.25, -0.2) is 0 Å². The van der Waals surface area contributed by atoms with Crippen molar-refractivity contribution in [1.29, 1.82) is 0 Å². The van der Waals surface area contributed by atoms with E-state index in [0.717, 1.165) is 36.4 Å². The van der Waals surface area contributed by atoms with Gasteiger partial charge in [-0.3, -0.25) is 9.48 Å². The third-order valence-corrected chi connectivity index (χ3v) is 4.58. The highest BCUT2D eigenvalue weighted by atomic mass is 16.5. The Balaban J connectivity index is 1.55. The van der Waals surface area contributed by atoms with Crippen LogP contribution in [0.4, 0.5) is 0 Å². The van der Waals surface area contributed by atoms with Crippen LogP contribution in [-0.2, 0) is 6.54 Å². The van der Waals surface area contributed by atoms with Gasteiger partial charge in [0.2, 0.25) is 0 Å². The molecule has 0 spiro atoms. The second-order valence-electron chi connectivity index (χ2n) is 6.42. The Morgan fingerprint density at radius 2 is 2.24 bits per heavy atom. The van der Waals surface area contributed by atoms with E-state index in [1.807, 2.05) is 59.1 Å². The number of hydrogen-bond donors (Lipinski definition) is 0. The number of likely N-dealkylation sites (tertiary alicyclic amines) is 1. The summed E-state index contributed by atoms with van der Waals surface area (Å²) >= 11 is 0. The molecule has 0 aliphatic carbocycles. The van der Waals surface area contributed by atoms with E-state index in [1.165, 1.54) is 0 Å². The fraction of sp³-hybridized carbons (Fsp3) is 0.316. The van der Waals surface area contributed by atoms with Crippen molar-refractivity contribution in [1.82, 2.24) is 19.8 Å². The predicted molar refractivity (Wildman–Crippen MR) is 92.0 cm³/mol. The Hall–Kier alpha value is -2.89. The molecule has 4 rings (SSSR count). The van der Waals surface area contributed by atoms with Gasteiger partial charge in [0.05, 0.1) is 12.6 Å². The summed E-state index contributed by atoms with van der Waals surface area (Å²) in [5, 5.41) is 8.33. The van der Waals surface area contributed by atoms with Gasteiger partial charge in [-0.05, 0) is 43.5 Å². The van der Waals surface area contributed by atoms with Crippen LogP contribution in [0.1, 0.15) is 46.3 Å². The lowest BCUT2D eigenvalue weighted by atomic mass is 10.1. The molecular formula is C19H20N4O2. The number of amides is 1. The highest BCUT2D eigenvalue weighted by Crippen LogP contribution is 2.32. The van der Waals surface area contributed by atoms with Gasteiger partial charge in [-0.15, -0.1) is 0 Å². The third-order valence-electron chi connectivity index (χ3n) is 4.58. The maximum Gasteiger partial charge on any atom is 0.254 e. The summed E-state index contributed by atoms with van der Waals surface area (Å²) in [4.78, 5) is 14.9. The van der Waals surface area contributed by atoms with Crippen molar-refractivity contribution < 1.29 is 9.32 Å². The van der Waals surface area contributed by atoms with Gasteiger partial charge in [0.1, 0.15) is 11.5 Å². The van der Waals surface area contributed by atoms with Crippen LogP contribution in [0.5, 0.6) is 0 Å². The normalized spacial score (nSPS) is 17.2. The van der Waals surface area contributed by atoms with Crippen molar-refractivity contribution in [3.8, 4) is 0 Å². The quantitative estimate of drug-likeness (QED) is 0.734. The molecule has 0 saturated carbocycles. The molecule has 128 valence electrons. The summed E-state index contributed by atoms with van der Waals surface area (Å²) in [6, 6.07) is 11.6. The van der Waals surface area contributed by atoms with Gasteiger partial charge in [-0.1, -0.05) is 17.3 Å². The SMILES string of the molecule is Cc1cc([C@H]2CCCN2C(=O)c2cccc(Cn3cccn3)c2)no1. The number of carbonyl (C=O) groups excluding carboxylic acids is 1. The second kappa shape index (κ2) is 6.55. The monoisotopic (exact) mass is 336 g/mol. The molecule has 1 aliphatic rings. The summed E-state index contributed by atoms with van der Waals surface area (Å²) in [7, 11) is 0. The number of hydrogen-bond acceptors (Lipinski definition) is 4. The fourth-order valence-corrected chi connectivity index (χ4v) is 3.41. The molecule has 1 saturated heterocycles. The van der Waals surface area contributed by atoms with E-state index >= 15 is 0 Å². The lowest BCUT2D eigenvalue weighted by Gasteiger charge is -2.23. The van der Waals surface area contributed by atoms with E-state index in [4.69, 9.17) is 4.52 Å². The van der Waals surface area contributed by atoms with Crippen LogP contribution < -0.4 is 0 Å². The highest BCUT2D eigenvalue weighted by molar-refractivity contribution is 5.94. The number of aryl methyl sites for hydroxylation is 1. The van der Waals surface area contributed by atoms with E-state index in [1.54, 1.807) is 6.20 Å². The zero-order valence-electron chi connectivity index (χ0n) is 14.1. The van der Waals surface area contributed by atoms with E-state index < -0.39 is 0 Å². The van der Waals surface area contributed by atoms with Crippen LogP contribution in [0, 0.1) is 6.92 Å². The first-order valence-corrected chi connectivity index (χ1v) is 8.51. The minimum absolute atomic E-state index is 0.000258. The van der Waals surface area contributed by atoms with Crippen LogP contribution in [0.25, 0.3) is 0 Å². The van der Waals surface area contributed by atoms with Crippen LogP contribution in [0.15, 0.2) is 53.3 Å². The molecule has 1 fully saturated rings. The van der Waals surface area contributed by atoms with Crippen LogP contribution in [-0.4, -0.2) is 32.3 Å². The van der Waals surface area contributed by atoms with Gasteiger partial charge in [-0.2, -0.15) is 5.10 Å². The molecule has 0 bridgehead atoms. The predicted octanol–water partition coefficient (Wildman–Crippen LogP) is 3.21. The topological polar surface area (TPSA) is 64.2 Å². The fourth-order valence-electron chi connectivity index (χ4n) is 3.41. The van der Waals surface area contributed by atoms with E-state index in [0.29, 0.717) is 12.1 Å². The minimum Gasteiger partial charge on any atom is -0.361 e. The van der Waals surface area contributed by atoms with Crippen LogP contribution >= 0.6 is 0 Å². The van der Waals surface area contributed by atoms with E-state index in [-0.39, 0.29) is 11.9 Å². The zero-order valence-corrected chi connectivity index (χ0v) is 14.1. The average Bonchev–Trinajstić information content (AvgIpc) is 3.35. The Labute approximate surface area is 146 Å². The van der Waals surface area contributed by atoms with Crippen molar-refractivity contribution in [2.24, 2.45) is 0 Å². The van der Waals surface area contributed by atoms with Gasteiger partial charge < -0.3 is 9.42 Å². The minimum atomic E-state index is -0.000258. The van der Waals surface area contributed by atoms with Crippen molar-refractivity contribution in [2.75, 3.05) is 6.54 Å². The van der Waals surface area contributed by atoms with E-state index in [9.17, 15) is 4.79 Å². The molecule has 25 heavy (non-hydrogen) atoms. The molecular weight excluding hydrogens is 316 g/mol. The molecule has 0 radical (unpaired) electrons. The molecule has 1 atom stereocenters. The average molecular weight is 336 g/mol. The Morgan fingerprint density at radius 3 is 3.00 bits per heavy atom. The molecule has 6 nitrogen and oxygen atoms in total. The third kappa shape index (κ3) is 3.20. The molecule has 1 aromatic carbocycles. The number of carbonyl (C=O) groups is 1. The van der Waals surface area contributed by atoms with Crippen LogP contribution in [0.3, 0.4) is 0 Å². The first-order chi connectivity index (χ1) is 12.2. The maximum atomic E-state index is 13.0. The van der Waals surface area contributed by atoms with E-state index in [2.05, 4.69) is 10.3 Å². The number of rotatable bonds is 4. The molecule has 3 heterocycles. The van der Waals surface area contributed by atoms with Crippen molar-refractivity contribution in [3.63, 3.8) is 0 Å². The summed E-state index contributed by atoms with van der Waals surface area (Å²) in [6.07, 6.45) is 5.57. The molecule has 0 unspecified atom stereocenters. The summed E-state index contributed by atoms with van der Waals surface area (Å²) in [5.74, 6) is 0.820.